The van der Waals surface area contributed by atoms with Gasteiger partial charge in [-0.2, -0.15) is 0 Å². The van der Waals surface area contributed by atoms with Crippen molar-refractivity contribution in [3.63, 3.8) is 0 Å². The van der Waals surface area contributed by atoms with Gasteiger partial charge in [-0.05, 0) is 68.6 Å². The highest BCUT2D eigenvalue weighted by molar-refractivity contribution is 7.80. The van der Waals surface area contributed by atoms with Crippen LogP contribution >= 0.6 is 35.2 Å². The van der Waals surface area contributed by atoms with Gasteiger partial charge in [-0.25, -0.2) is 13.8 Å². The number of thiocarbonyl (C=S) groups is 1. The summed E-state index contributed by atoms with van der Waals surface area (Å²) in [4.78, 5) is 21.5. The summed E-state index contributed by atoms with van der Waals surface area (Å²) in [7, 11) is 0. The van der Waals surface area contributed by atoms with Gasteiger partial charge < -0.3 is 25.8 Å². The predicted molar refractivity (Wildman–Crippen MR) is 218 cm³/mol. The number of carbonyl (C=O) groups excluding carboxylic acids is 1. The molecule has 296 valence electrons. The number of ketones is 1. The van der Waals surface area contributed by atoms with Crippen molar-refractivity contribution in [1.29, 1.82) is 0 Å². The normalized spacial score (nSPS) is 19.5. The Morgan fingerprint density at radius 1 is 0.870 bits per heavy atom. The molecule has 2 saturated carbocycles. The topological polar surface area (TPSA) is 105 Å². The van der Waals surface area contributed by atoms with Crippen molar-refractivity contribution in [1.82, 2.24) is 20.1 Å². The molecule has 0 amide bonds. The molecule has 9 nitrogen and oxygen atoms in total. The minimum absolute atomic E-state index is 0.0334. The third-order valence-corrected chi connectivity index (χ3v) is 12.1. The molecule has 0 spiro atoms. The largest absolute Gasteiger partial charge is 0.379 e. The Morgan fingerprint density at radius 3 is 2.00 bits per heavy atom. The highest BCUT2D eigenvalue weighted by Gasteiger charge is 2.43. The number of halogens is 3. The number of nitrogens with zero attached hydrogens (tertiary/aromatic N) is 3. The van der Waals surface area contributed by atoms with Gasteiger partial charge in [-0.3, -0.25) is 14.6 Å². The maximum atomic E-state index is 14.6. The van der Waals surface area contributed by atoms with Crippen LogP contribution in [0.3, 0.4) is 0 Å². The van der Waals surface area contributed by atoms with Gasteiger partial charge in [0.1, 0.15) is 11.6 Å². The molecule has 54 heavy (non-hydrogen) atoms. The quantitative estimate of drug-likeness (QED) is 0.103. The Bertz CT molecular complexity index is 1610. The molecule has 0 atom stereocenters. The molecule has 1 aromatic heterocycles. The van der Waals surface area contributed by atoms with E-state index in [1.54, 1.807) is 41.7 Å². The SMILES string of the molecule is Fc1ccccc1C1(c2csc(NCCCN3CCOCC3)n2)CCCC1.NC(=S)NCN1CCOCC1.O=C(CCl)C1(c2ccccc2F)CCCC1. The number of thiazole rings is 1. The summed E-state index contributed by atoms with van der Waals surface area (Å²) >= 11 is 12.0. The van der Waals surface area contributed by atoms with Crippen LogP contribution in [0.5, 0.6) is 0 Å². The van der Waals surface area contributed by atoms with Gasteiger partial charge in [0.25, 0.3) is 0 Å². The smallest absolute Gasteiger partial charge is 0.182 e. The summed E-state index contributed by atoms with van der Waals surface area (Å²) in [6, 6.07) is 13.8. The van der Waals surface area contributed by atoms with E-state index < -0.39 is 5.41 Å². The van der Waals surface area contributed by atoms with Crippen molar-refractivity contribution in [3.05, 3.63) is 82.4 Å². The number of nitrogens with two attached hydrogens (primary N) is 1. The molecule has 2 aliphatic carbocycles. The Hall–Kier alpha value is -2.78. The van der Waals surface area contributed by atoms with Crippen molar-refractivity contribution in [3.8, 4) is 0 Å². The lowest BCUT2D eigenvalue weighted by Gasteiger charge is -2.28. The minimum atomic E-state index is -0.660. The molecule has 7 rings (SSSR count). The molecule has 0 bridgehead atoms. The number of ether oxygens (including phenoxy) is 2. The number of hydrogen-bond donors (Lipinski definition) is 3. The van der Waals surface area contributed by atoms with E-state index in [-0.39, 0.29) is 28.7 Å². The highest BCUT2D eigenvalue weighted by Crippen LogP contribution is 2.48. The number of carbonyl (C=O) groups is 1. The van der Waals surface area contributed by atoms with Gasteiger partial charge in [0.2, 0.25) is 0 Å². The van der Waals surface area contributed by atoms with Crippen LogP contribution < -0.4 is 16.4 Å². The zero-order valence-electron chi connectivity index (χ0n) is 31.1. The number of benzene rings is 2. The number of Topliss-reactive ketones (excluding diaryl/α,β-unsaturated/α-hetero) is 1. The fourth-order valence-corrected chi connectivity index (χ4v) is 9.15. The van der Waals surface area contributed by atoms with Crippen LogP contribution in [0.2, 0.25) is 0 Å². The monoisotopic (exact) mass is 804 g/mol. The number of nitrogens with one attached hydrogen (secondary N) is 2. The van der Waals surface area contributed by atoms with E-state index >= 15 is 0 Å². The number of aromatic nitrogens is 1. The first kappa shape index (κ1) is 42.4. The molecule has 4 N–H and O–H groups in total. The third kappa shape index (κ3) is 11.4. The summed E-state index contributed by atoms with van der Waals surface area (Å²) in [5.41, 5.74) is 6.73. The van der Waals surface area contributed by atoms with E-state index in [0.29, 0.717) is 10.7 Å². The minimum Gasteiger partial charge on any atom is -0.379 e. The molecule has 3 heterocycles. The maximum Gasteiger partial charge on any atom is 0.182 e. The molecular weight excluding hydrogens is 750 g/mol. The van der Waals surface area contributed by atoms with Gasteiger partial charge in [-0.1, -0.05) is 62.1 Å². The average Bonchev–Trinajstić information content (AvgIpc) is 4.00. The molecule has 4 aliphatic rings. The molecule has 0 unspecified atom stereocenters. The zero-order chi connectivity index (χ0) is 38.2. The van der Waals surface area contributed by atoms with Gasteiger partial charge in [0, 0.05) is 49.1 Å². The first-order valence-corrected chi connectivity index (χ1v) is 21.0. The predicted octanol–water partition coefficient (Wildman–Crippen LogP) is 6.83. The first-order chi connectivity index (χ1) is 26.3. The van der Waals surface area contributed by atoms with Crippen LogP contribution in [0.25, 0.3) is 0 Å². The lowest BCUT2D eigenvalue weighted by Crippen LogP contribution is -2.45. The van der Waals surface area contributed by atoms with Crippen LogP contribution in [0.15, 0.2) is 53.9 Å². The zero-order valence-corrected chi connectivity index (χ0v) is 33.5. The molecule has 3 aromatic rings. The van der Waals surface area contributed by atoms with E-state index in [0.717, 1.165) is 147 Å². The molecule has 0 radical (unpaired) electrons. The first-order valence-electron chi connectivity index (χ1n) is 19.2. The number of anilines is 1. The maximum absolute atomic E-state index is 14.6. The van der Waals surface area contributed by atoms with E-state index in [1.807, 2.05) is 12.1 Å². The fraction of sp³-hybridized carbons (Fsp3) is 0.575. The van der Waals surface area contributed by atoms with Crippen molar-refractivity contribution in [2.45, 2.75) is 68.6 Å². The van der Waals surface area contributed by atoms with E-state index in [1.165, 1.54) is 6.07 Å². The summed E-state index contributed by atoms with van der Waals surface area (Å²) in [6.07, 6.45) is 8.70. The molecule has 14 heteroatoms. The molecule has 4 fully saturated rings. The lowest BCUT2D eigenvalue weighted by molar-refractivity contribution is -0.122. The van der Waals surface area contributed by atoms with Crippen LogP contribution in [0.1, 0.15) is 74.6 Å². The summed E-state index contributed by atoms with van der Waals surface area (Å²) in [6.45, 7) is 10.0. The second-order valence-electron chi connectivity index (χ2n) is 14.3. The highest BCUT2D eigenvalue weighted by atomic mass is 35.5. The van der Waals surface area contributed by atoms with E-state index in [9.17, 15) is 13.6 Å². The lowest BCUT2D eigenvalue weighted by atomic mass is 9.75. The van der Waals surface area contributed by atoms with Crippen molar-refractivity contribution >= 4 is 51.2 Å². The van der Waals surface area contributed by atoms with Gasteiger partial charge in [0.05, 0.1) is 50.1 Å². The number of hydrogen-bond acceptors (Lipinski definition) is 9. The number of alkyl halides is 1. The average molecular weight is 806 g/mol. The van der Waals surface area contributed by atoms with Crippen LogP contribution in [-0.2, 0) is 25.1 Å². The summed E-state index contributed by atoms with van der Waals surface area (Å²) < 4.78 is 38.9. The van der Waals surface area contributed by atoms with E-state index in [2.05, 4.69) is 38.0 Å². The van der Waals surface area contributed by atoms with Crippen LogP contribution in [0, 0.1) is 11.6 Å². The Kier molecular flexibility index (Phi) is 16.9. The molecule has 2 aliphatic heterocycles. The van der Waals surface area contributed by atoms with Crippen LogP contribution in [-0.4, -0.2) is 104 Å². The van der Waals surface area contributed by atoms with Crippen molar-refractivity contribution in [2.24, 2.45) is 5.73 Å². The van der Waals surface area contributed by atoms with Gasteiger partial charge in [-0.15, -0.1) is 22.9 Å². The van der Waals surface area contributed by atoms with Crippen molar-refractivity contribution in [2.75, 3.05) is 83.6 Å². The standard InChI is InChI=1S/C21H28FN3OS.C13H14ClFO.C6H13N3OS/c22-18-7-2-1-6-17(18)21(8-3-4-9-21)19-16-27-20(24-19)23-10-5-11-25-12-14-26-15-13-25;14-9-12(16)13(7-3-4-8-13)10-5-1-2-6-11(10)15;7-6(11)8-5-9-1-3-10-4-2-9/h1-2,6-7,16H,3-5,8-15H2,(H,23,24);1-2,5-6H,3-4,7-9H2;1-5H2,(H3,7,8,11). The second kappa shape index (κ2) is 21.5. The number of morpholine rings is 2. The summed E-state index contributed by atoms with van der Waals surface area (Å²) in [5.74, 6) is -0.471. The second-order valence-corrected chi connectivity index (χ2v) is 15.9. The molecule has 2 saturated heterocycles. The Balaban J connectivity index is 0.000000175. The fourth-order valence-electron chi connectivity index (χ4n) is 7.99. The van der Waals surface area contributed by atoms with Crippen LogP contribution in [0.4, 0.5) is 13.9 Å². The Labute approximate surface area is 333 Å². The van der Waals surface area contributed by atoms with Crippen molar-refractivity contribution < 1.29 is 23.0 Å². The van der Waals surface area contributed by atoms with Gasteiger partial charge in [0.15, 0.2) is 16.0 Å². The summed E-state index contributed by atoms with van der Waals surface area (Å²) in [5, 5.41) is 9.80. The molecular formula is C40H55ClF2N6O3S2. The third-order valence-electron chi connectivity index (χ3n) is 11.0. The van der Waals surface area contributed by atoms with Gasteiger partial charge >= 0.3 is 0 Å². The molecule has 2 aromatic carbocycles. The van der Waals surface area contributed by atoms with E-state index in [4.69, 9.17) is 31.8 Å². The number of rotatable bonds is 12. The Morgan fingerprint density at radius 2 is 1.43 bits per heavy atom.